The molecule has 0 aliphatic carbocycles. The van der Waals surface area contributed by atoms with Crippen LogP contribution in [0.5, 0.6) is 0 Å². The van der Waals surface area contributed by atoms with Crippen LogP contribution in [0, 0.1) is 5.92 Å². The summed E-state index contributed by atoms with van der Waals surface area (Å²) in [6, 6.07) is 10.5. The molecule has 1 amide bonds. The Labute approximate surface area is 127 Å². The lowest BCUT2D eigenvalue weighted by Crippen LogP contribution is -2.51. The van der Waals surface area contributed by atoms with Crippen LogP contribution in [-0.4, -0.2) is 30.8 Å². The van der Waals surface area contributed by atoms with Gasteiger partial charge in [0.1, 0.15) is 5.60 Å². The van der Waals surface area contributed by atoms with Crippen LogP contribution < -0.4 is 10.2 Å². The zero-order valence-corrected chi connectivity index (χ0v) is 13.4. The SMILES string of the molecule is CC1CC(NC(=O)OC(C)(C)C)CN(c2ccccc2)C1. The van der Waals surface area contributed by atoms with Gasteiger partial charge in [0.05, 0.1) is 0 Å². The number of benzene rings is 1. The van der Waals surface area contributed by atoms with Crippen molar-refractivity contribution in [3.63, 3.8) is 0 Å². The van der Waals surface area contributed by atoms with Gasteiger partial charge in [-0.3, -0.25) is 0 Å². The van der Waals surface area contributed by atoms with Gasteiger partial charge in [-0.25, -0.2) is 4.79 Å². The number of carbonyl (C=O) groups is 1. The summed E-state index contributed by atoms with van der Waals surface area (Å²) in [6.45, 7) is 9.72. The van der Waals surface area contributed by atoms with Gasteiger partial charge in [-0.05, 0) is 45.2 Å². The number of piperidine rings is 1. The summed E-state index contributed by atoms with van der Waals surface area (Å²) in [6.07, 6.45) is 0.664. The molecule has 1 heterocycles. The molecule has 1 aliphatic rings. The summed E-state index contributed by atoms with van der Waals surface area (Å²) < 4.78 is 5.35. The molecule has 0 radical (unpaired) electrons. The molecule has 4 nitrogen and oxygen atoms in total. The molecule has 0 spiro atoms. The van der Waals surface area contributed by atoms with Crippen molar-refractivity contribution in [2.75, 3.05) is 18.0 Å². The first-order valence-electron chi connectivity index (χ1n) is 7.63. The Morgan fingerprint density at radius 2 is 1.90 bits per heavy atom. The molecule has 1 fully saturated rings. The molecule has 0 bridgehead atoms. The second kappa shape index (κ2) is 6.37. The van der Waals surface area contributed by atoms with Crippen molar-refractivity contribution in [2.45, 2.75) is 45.8 Å². The summed E-state index contributed by atoms with van der Waals surface area (Å²) in [4.78, 5) is 14.3. The van der Waals surface area contributed by atoms with Crippen molar-refractivity contribution >= 4 is 11.8 Å². The number of amides is 1. The van der Waals surface area contributed by atoms with Crippen molar-refractivity contribution in [3.05, 3.63) is 30.3 Å². The Morgan fingerprint density at radius 3 is 2.52 bits per heavy atom. The summed E-state index contributed by atoms with van der Waals surface area (Å²) in [5, 5.41) is 3.00. The number of nitrogens with one attached hydrogen (secondary N) is 1. The standard InChI is InChI=1S/C17H26N2O2/c1-13-10-14(18-16(20)21-17(2,3)4)12-19(11-13)15-8-6-5-7-9-15/h5-9,13-14H,10-12H2,1-4H3,(H,18,20). The minimum Gasteiger partial charge on any atom is -0.444 e. The van der Waals surface area contributed by atoms with Crippen LogP contribution in [0.3, 0.4) is 0 Å². The van der Waals surface area contributed by atoms with E-state index in [-0.39, 0.29) is 12.1 Å². The Hall–Kier alpha value is -1.71. The number of anilines is 1. The molecule has 1 N–H and O–H groups in total. The van der Waals surface area contributed by atoms with Crippen molar-refractivity contribution in [3.8, 4) is 0 Å². The molecule has 0 saturated carbocycles. The molecule has 1 aliphatic heterocycles. The van der Waals surface area contributed by atoms with E-state index in [1.165, 1.54) is 5.69 Å². The molecule has 2 unspecified atom stereocenters. The van der Waals surface area contributed by atoms with E-state index in [2.05, 4.69) is 29.3 Å². The van der Waals surface area contributed by atoms with Gasteiger partial charge in [0.2, 0.25) is 0 Å². The molecule has 4 heteroatoms. The highest BCUT2D eigenvalue weighted by molar-refractivity contribution is 5.68. The zero-order valence-electron chi connectivity index (χ0n) is 13.4. The second-order valence-electron chi connectivity index (χ2n) is 6.92. The number of nitrogens with zero attached hydrogens (tertiary/aromatic N) is 1. The monoisotopic (exact) mass is 290 g/mol. The van der Waals surface area contributed by atoms with Gasteiger partial charge >= 0.3 is 6.09 Å². The average molecular weight is 290 g/mol. The molecule has 116 valence electrons. The molecule has 2 atom stereocenters. The Bertz CT molecular complexity index is 467. The fraction of sp³-hybridized carbons (Fsp3) is 0.588. The fourth-order valence-corrected chi connectivity index (χ4v) is 2.78. The van der Waals surface area contributed by atoms with Crippen LogP contribution in [-0.2, 0) is 4.74 Å². The van der Waals surface area contributed by atoms with Crippen LogP contribution >= 0.6 is 0 Å². The van der Waals surface area contributed by atoms with Crippen LogP contribution in [0.15, 0.2) is 30.3 Å². The maximum absolute atomic E-state index is 11.9. The van der Waals surface area contributed by atoms with Crippen LogP contribution in [0.25, 0.3) is 0 Å². The van der Waals surface area contributed by atoms with E-state index >= 15 is 0 Å². The normalized spacial score (nSPS) is 22.8. The lowest BCUT2D eigenvalue weighted by Gasteiger charge is -2.38. The van der Waals surface area contributed by atoms with Crippen molar-refractivity contribution in [1.82, 2.24) is 5.32 Å². The first-order chi connectivity index (χ1) is 9.83. The zero-order chi connectivity index (χ0) is 15.5. The predicted molar refractivity (Wildman–Crippen MR) is 85.6 cm³/mol. The third kappa shape index (κ3) is 4.96. The maximum atomic E-state index is 11.9. The highest BCUT2D eigenvalue weighted by Gasteiger charge is 2.27. The van der Waals surface area contributed by atoms with E-state index in [0.29, 0.717) is 5.92 Å². The minimum absolute atomic E-state index is 0.129. The molecule has 1 aromatic carbocycles. The number of rotatable bonds is 2. The molecule has 21 heavy (non-hydrogen) atoms. The topological polar surface area (TPSA) is 41.6 Å². The minimum atomic E-state index is -0.455. The first kappa shape index (κ1) is 15.7. The third-order valence-corrected chi connectivity index (χ3v) is 3.50. The first-order valence-corrected chi connectivity index (χ1v) is 7.63. The van der Waals surface area contributed by atoms with Gasteiger partial charge in [0, 0.05) is 24.8 Å². The molecule has 1 saturated heterocycles. The fourth-order valence-electron chi connectivity index (χ4n) is 2.78. The van der Waals surface area contributed by atoms with Gasteiger partial charge in [-0.1, -0.05) is 25.1 Å². The van der Waals surface area contributed by atoms with Crippen LogP contribution in [0.1, 0.15) is 34.1 Å². The molecule has 2 rings (SSSR count). The lowest BCUT2D eigenvalue weighted by atomic mass is 9.95. The summed E-state index contributed by atoms with van der Waals surface area (Å²) in [5.74, 6) is 0.541. The number of alkyl carbamates (subject to hydrolysis) is 1. The number of ether oxygens (including phenoxy) is 1. The highest BCUT2D eigenvalue weighted by Crippen LogP contribution is 2.23. The molecular formula is C17H26N2O2. The van der Waals surface area contributed by atoms with Gasteiger partial charge in [-0.15, -0.1) is 0 Å². The van der Waals surface area contributed by atoms with Gasteiger partial charge < -0.3 is 15.0 Å². The molecule has 0 aromatic heterocycles. The second-order valence-corrected chi connectivity index (χ2v) is 6.92. The molecule has 1 aromatic rings. The summed E-state index contributed by atoms with van der Waals surface area (Å²) in [5.41, 5.74) is 0.753. The van der Waals surface area contributed by atoms with E-state index in [9.17, 15) is 4.79 Å². The third-order valence-electron chi connectivity index (χ3n) is 3.50. The van der Waals surface area contributed by atoms with Crippen LogP contribution in [0.2, 0.25) is 0 Å². The highest BCUT2D eigenvalue weighted by atomic mass is 16.6. The smallest absolute Gasteiger partial charge is 0.407 e. The van der Waals surface area contributed by atoms with Crippen molar-refractivity contribution in [2.24, 2.45) is 5.92 Å². The van der Waals surface area contributed by atoms with Crippen LogP contribution in [0.4, 0.5) is 10.5 Å². The Kier molecular flexibility index (Phi) is 4.76. The van der Waals surface area contributed by atoms with E-state index in [4.69, 9.17) is 4.74 Å². The predicted octanol–water partition coefficient (Wildman–Crippen LogP) is 3.43. The largest absolute Gasteiger partial charge is 0.444 e. The van der Waals surface area contributed by atoms with Gasteiger partial charge in [0.15, 0.2) is 0 Å². The van der Waals surface area contributed by atoms with Crippen molar-refractivity contribution < 1.29 is 9.53 Å². The van der Waals surface area contributed by atoms with E-state index in [1.807, 2.05) is 39.0 Å². The number of hydrogen-bond donors (Lipinski definition) is 1. The Morgan fingerprint density at radius 1 is 1.24 bits per heavy atom. The summed E-state index contributed by atoms with van der Waals surface area (Å²) >= 11 is 0. The Balaban J connectivity index is 1.96. The lowest BCUT2D eigenvalue weighted by molar-refractivity contribution is 0.0495. The summed E-state index contributed by atoms with van der Waals surface area (Å²) in [7, 11) is 0. The van der Waals surface area contributed by atoms with E-state index in [0.717, 1.165) is 19.5 Å². The van der Waals surface area contributed by atoms with Crippen molar-refractivity contribution in [1.29, 1.82) is 0 Å². The number of para-hydroxylation sites is 1. The number of hydrogen-bond acceptors (Lipinski definition) is 3. The quantitative estimate of drug-likeness (QED) is 0.907. The van der Waals surface area contributed by atoms with E-state index in [1.54, 1.807) is 0 Å². The van der Waals surface area contributed by atoms with Gasteiger partial charge in [-0.2, -0.15) is 0 Å². The van der Waals surface area contributed by atoms with E-state index < -0.39 is 5.60 Å². The average Bonchev–Trinajstić information content (AvgIpc) is 2.36. The molecular weight excluding hydrogens is 264 g/mol. The number of carbonyl (C=O) groups excluding carboxylic acids is 1. The maximum Gasteiger partial charge on any atom is 0.407 e. The van der Waals surface area contributed by atoms with Gasteiger partial charge in [0.25, 0.3) is 0 Å².